The minimum Gasteiger partial charge on any atom is -0.290 e. The molecule has 24 heavy (non-hydrogen) atoms. The molecule has 3 aromatic heterocycles. The lowest BCUT2D eigenvalue weighted by atomic mass is 10.2. The third-order valence-electron chi connectivity index (χ3n) is 3.78. The van der Waals surface area contributed by atoms with Crippen molar-refractivity contribution < 1.29 is 0 Å². The number of rotatable bonds is 4. The Hall–Kier alpha value is -2.50. The van der Waals surface area contributed by atoms with E-state index in [1.807, 2.05) is 0 Å². The van der Waals surface area contributed by atoms with E-state index in [1.165, 1.54) is 22.0 Å². The summed E-state index contributed by atoms with van der Waals surface area (Å²) in [5, 5.41) is 0. The first-order valence-corrected chi connectivity index (χ1v) is 9.13. The van der Waals surface area contributed by atoms with Crippen LogP contribution in [0, 0.1) is 6.92 Å². The van der Waals surface area contributed by atoms with Gasteiger partial charge in [-0.2, -0.15) is 0 Å². The highest BCUT2D eigenvalue weighted by molar-refractivity contribution is 7.23. The lowest BCUT2D eigenvalue weighted by Gasteiger charge is -1.94. The Morgan fingerprint density at radius 1 is 1.21 bits per heavy atom. The van der Waals surface area contributed by atoms with Gasteiger partial charge in [-0.05, 0) is 42.8 Å². The third kappa shape index (κ3) is 2.42. The summed E-state index contributed by atoms with van der Waals surface area (Å²) in [7, 11) is 0. The van der Waals surface area contributed by atoms with Crippen LogP contribution < -0.4 is 0 Å². The van der Waals surface area contributed by atoms with E-state index in [0.717, 1.165) is 26.1 Å². The van der Waals surface area contributed by atoms with Gasteiger partial charge in [-0.3, -0.25) is 9.39 Å². The molecule has 0 aliphatic heterocycles. The summed E-state index contributed by atoms with van der Waals surface area (Å²) in [4.78, 5) is 12.3. The first-order valence-electron chi connectivity index (χ1n) is 7.49. The second-order valence-corrected chi connectivity index (χ2v) is 7.51. The zero-order valence-electron chi connectivity index (χ0n) is 13.2. The number of aryl methyl sites for hydroxylation is 1. The van der Waals surface area contributed by atoms with Crippen LogP contribution in [0.5, 0.6) is 0 Å². The molecule has 3 nitrogen and oxygen atoms in total. The Kier molecular flexibility index (Phi) is 3.67. The summed E-state index contributed by atoms with van der Waals surface area (Å²) in [6, 6.07) is 10.6. The molecular weight excluding hydrogens is 334 g/mol. The summed E-state index contributed by atoms with van der Waals surface area (Å²) >= 11 is 3.38. The van der Waals surface area contributed by atoms with Gasteiger partial charge in [-0.25, -0.2) is 4.98 Å². The van der Waals surface area contributed by atoms with Crippen molar-refractivity contribution in [3.8, 4) is 10.6 Å². The summed E-state index contributed by atoms with van der Waals surface area (Å²) in [5.74, 6) is 0. The van der Waals surface area contributed by atoms with Gasteiger partial charge in [0.05, 0.1) is 25.7 Å². The Morgan fingerprint density at radius 2 is 2.08 bits per heavy atom. The maximum absolute atomic E-state index is 4.80. The molecule has 5 heteroatoms. The van der Waals surface area contributed by atoms with Crippen LogP contribution in [0.1, 0.15) is 10.4 Å². The van der Waals surface area contributed by atoms with Crippen LogP contribution in [-0.2, 0) is 0 Å². The van der Waals surface area contributed by atoms with E-state index < -0.39 is 0 Å². The predicted octanol–water partition coefficient (Wildman–Crippen LogP) is 5.70. The fourth-order valence-corrected chi connectivity index (χ4v) is 4.71. The molecule has 0 fully saturated rings. The number of thiophene rings is 1. The molecule has 0 N–H and O–H groups in total. The average molecular weight is 349 g/mol. The van der Waals surface area contributed by atoms with Crippen LogP contribution >= 0.6 is 22.7 Å². The molecule has 0 unspecified atom stereocenters. The average Bonchev–Trinajstić information content (AvgIpc) is 3.25. The molecule has 4 rings (SSSR count). The molecule has 118 valence electrons. The Bertz CT molecular complexity index is 1110. The van der Waals surface area contributed by atoms with Crippen molar-refractivity contribution in [2.75, 3.05) is 0 Å². The van der Waals surface area contributed by atoms with Crippen molar-refractivity contribution in [2.24, 2.45) is 4.99 Å². The SMILES string of the molecule is C=CN=C(C=C)c1ccc(-c2cn3c(n2)sc2cc(C)ccc23)s1. The fourth-order valence-electron chi connectivity index (χ4n) is 2.66. The van der Waals surface area contributed by atoms with Gasteiger partial charge in [0.25, 0.3) is 0 Å². The van der Waals surface area contributed by atoms with Gasteiger partial charge in [0.1, 0.15) is 5.69 Å². The number of nitrogens with zero attached hydrogens (tertiary/aromatic N) is 3. The van der Waals surface area contributed by atoms with Crippen molar-refractivity contribution in [2.45, 2.75) is 6.92 Å². The highest BCUT2D eigenvalue weighted by Crippen LogP contribution is 2.33. The number of fused-ring (bicyclic) bond motifs is 3. The number of allylic oxidation sites excluding steroid dienone is 1. The second kappa shape index (κ2) is 5.85. The molecule has 0 saturated heterocycles. The van der Waals surface area contributed by atoms with Gasteiger partial charge >= 0.3 is 0 Å². The van der Waals surface area contributed by atoms with E-state index in [9.17, 15) is 0 Å². The highest BCUT2D eigenvalue weighted by Gasteiger charge is 2.13. The quantitative estimate of drug-likeness (QED) is 0.434. The van der Waals surface area contributed by atoms with E-state index in [2.05, 4.69) is 66.0 Å². The fraction of sp³-hybridized carbons (Fsp3) is 0.0526. The van der Waals surface area contributed by atoms with Crippen molar-refractivity contribution in [3.63, 3.8) is 0 Å². The van der Waals surface area contributed by atoms with Crippen molar-refractivity contribution in [1.82, 2.24) is 9.38 Å². The molecule has 1 aromatic carbocycles. The van der Waals surface area contributed by atoms with Crippen LogP contribution in [0.25, 0.3) is 25.7 Å². The van der Waals surface area contributed by atoms with Crippen LogP contribution in [0.15, 0.2) is 67.0 Å². The molecule has 0 aliphatic carbocycles. The molecule has 3 heterocycles. The number of thiazole rings is 1. The number of hydrogen-bond donors (Lipinski definition) is 0. The lowest BCUT2D eigenvalue weighted by molar-refractivity contribution is 1.29. The second-order valence-electron chi connectivity index (χ2n) is 5.42. The number of aliphatic imine (C=N–C) groups is 1. The first-order chi connectivity index (χ1) is 11.7. The maximum atomic E-state index is 4.80. The summed E-state index contributed by atoms with van der Waals surface area (Å²) in [6.45, 7) is 9.58. The van der Waals surface area contributed by atoms with E-state index >= 15 is 0 Å². The van der Waals surface area contributed by atoms with Crippen LogP contribution in [0.2, 0.25) is 0 Å². The summed E-state index contributed by atoms with van der Waals surface area (Å²) in [5.41, 5.74) is 4.30. The topological polar surface area (TPSA) is 29.7 Å². The molecule has 0 aliphatic rings. The van der Waals surface area contributed by atoms with Crippen LogP contribution in [0.4, 0.5) is 0 Å². The maximum Gasteiger partial charge on any atom is 0.195 e. The van der Waals surface area contributed by atoms with Gasteiger partial charge in [0.2, 0.25) is 0 Å². The minimum absolute atomic E-state index is 0.836. The molecule has 0 bridgehead atoms. The third-order valence-corrected chi connectivity index (χ3v) is 5.93. The number of aromatic nitrogens is 2. The largest absolute Gasteiger partial charge is 0.290 e. The summed E-state index contributed by atoms with van der Waals surface area (Å²) < 4.78 is 3.43. The number of hydrogen-bond acceptors (Lipinski definition) is 4. The molecule has 4 aromatic rings. The molecule has 0 spiro atoms. The normalized spacial score (nSPS) is 12.1. The predicted molar refractivity (Wildman–Crippen MR) is 106 cm³/mol. The lowest BCUT2D eigenvalue weighted by Crippen LogP contribution is -1.89. The van der Waals surface area contributed by atoms with E-state index in [1.54, 1.807) is 28.7 Å². The Balaban J connectivity index is 1.80. The minimum atomic E-state index is 0.836. The molecule has 0 atom stereocenters. The van der Waals surface area contributed by atoms with Crippen molar-refractivity contribution >= 4 is 43.6 Å². The Morgan fingerprint density at radius 3 is 2.88 bits per heavy atom. The zero-order chi connectivity index (χ0) is 16.7. The first kappa shape index (κ1) is 15.1. The van der Waals surface area contributed by atoms with E-state index in [4.69, 9.17) is 4.98 Å². The van der Waals surface area contributed by atoms with Gasteiger partial charge in [-0.1, -0.05) is 30.6 Å². The number of benzene rings is 1. The zero-order valence-corrected chi connectivity index (χ0v) is 14.8. The smallest absolute Gasteiger partial charge is 0.195 e. The van der Waals surface area contributed by atoms with Gasteiger partial charge < -0.3 is 0 Å². The van der Waals surface area contributed by atoms with Crippen LogP contribution in [-0.4, -0.2) is 15.1 Å². The van der Waals surface area contributed by atoms with E-state index in [-0.39, 0.29) is 0 Å². The molecule has 0 radical (unpaired) electrons. The Labute approximate surface area is 147 Å². The van der Waals surface area contributed by atoms with Gasteiger partial charge in [0.15, 0.2) is 4.96 Å². The highest BCUT2D eigenvalue weighted by atomic mass is 32.1. The van der Waals surface area contributed by atoms with Gasteiger partial charge in [-0.15, -0.1) is 11.3 Å². The molecule has 0 amide bonds. The van der Waals surface area contributed by atoms with Crippen LogP contribution in [0.3, 0.4) is 0 Å². The summed E-state index contributed by atoms with van der Waals surface area (Å²) in [6.07, 6.45) is 5.40. The monoisotopic (exact) mass is 349 g/mol. The molecule has 0 saturated carbocycles. The number of imidazole rings is 1. The van der Waals surface area contributed by atoms with Gasteiger partial charge in [0, 0.05) is 12.4 Å². The molecular formula is C19H15N3S2. The van der Waals surface area contributed by atoms with Crippen molar-refractivity contribution in [1.29, 1.82) is 0 Å². The standard InChI is InChI=1S/C19H15N3S2/c1-4-13(20-5-2)16-8-9-17(23-16)14-11-22-15-7-6-12(3)10-18(15)24-19(22)21-14/h4-11H,1-2H2,3H3. The van der Waals surface area contributed by atoms with E-state index in [0.29, 0.717) is 0 Å². The van der Waals surface area contributed by atoms with Crippen molar-refractivity contribution in [3.05, 3.63) is 72.4 Å².